The number of nitrogens with zero attached hydrogens (tertiary/aromatic N) is 1. The molecule has 20 heavy (non-hydrogen) atoms. The van der Waals surface area contributed by atoms with E-state index >= 15 is 0 Å². The summed E-state index contributed by atoms with van der Waals surface area (Å²) in [5.41, 5.74) is 12.3. The summed E-state index contributed by atoms with van der Waals surface area (Å²) < 4.78 is 0. The van der Waals surface area contributed by atoms with Gasteiger partial charge in [-0.25, -0.2) is 0 Å². The molecule has 0 radical (unpaired) electrons. The molecule has 1 heterocycles. The smallest absolute Gasteiger partial charge is 0.0553 e. The first-order valence-corrected chi connectivity index (χ1v) is 7.44. The minimum atomic E-state index is -0.0598. The maximum atomic E-state index is 6.45. The number of hydrogen-bond donors (Lipinski definition) is 1. The van der Waals surface area contributed by atoms with E-state index in [2.05, 4.69) is 41.4 Å². The van der Waals surface area contributed by atoms with E-state index in [-0.39, 0.29) is 6.04 Å². The third kappa shape index (κ3) is 2.61. The maximum absolute atomic E-state index is 6.45. The Balaban J connectivity index is 1.91. The third-order valence-corrected chi connectivity index (χ3v) is 4.31. The minimum absolute atomic E-state index is 0.0598. The molecule has 0 bridgehead atoms. The highest BCUT2D eigenvalue weighted by Crippen LogP contribution is 2.37. The molecule has 2 aromatic rings. The monoisotopic (exact) mass is 266 g/mol. The van der Waals surface area contributed by atoms with E-state index in [0.717, 1.165) is 22.9 Å². The molecule has 2 nitrogen and oxygen atoms in total. The maximum Gasteiger partial charge on any atom is 0.0553 e. The molecule has 3 rings (SSSR count). The molecule has 1 fully saturated rings. The number of nitrogens with two attached hydrogens (primary N) is 1. The van der Waals surface area contributed by atoms with Gasteiger partial charge in [0, 0.05) is 11.4 Å². The van der Waals surface area contributed by atoms with Gasteiger partial charge in [0.15, 0.2) is 0 Å². The zero-order chi connectivity index (χ0) is 14.1. The molecule has 1 saturated carbocycles. The Morgan fingerprint density at radius 1 is 1.05 bits per heavy atom. The van der Waals surface area contributed by atoms with Gasteiger partial charge in [0.05, 0.1) is 6.04 Å². The summed E-state index contributed by atoms with van der Waals surface area (Å²) in [6, 6.07) is 12.9. The van der Waals surface area contributed by atoms with Crippen LogP contribution < -0.4 is 5.73 Å². The van der Waals surface area contributed by atoms with E-state index in [1.165, 1.54) is 30.4 Å². The van der Waals surface area contributed by atoms with Gasteiger partial charge in [-0.1, -0.05) is 30.7 Å². The average molecular weight is 266 g/mol. The SMILES string of the molecule is Cc1cc(C(N)c2cccc(C3CCC3)c2)cc(C)n1. The molecule has 1 aliphatic carbocycles. The molecule has 0 spiro atoms. The van der Waals surface area contributed by atoms with Crippen LogP contribution in [-0.2, 0) is 0 Å². The first-order chi connectivity index (χ1) is 9.63. The molecule has 2 heteroatoms. The van der Waals surface area contributed by atoms with E-state index in [4.69, 9.17) is 5.73 Å². The fourth-order valence-electron chi connectivity index (χ4n) is 2.99. The lowest BCUT2D eigenvalue weighted by Crippen LogP contribution is -2.14. The van der Waals surface area contributed by atoms with Crippen molar-refractivity contribution in [3.63, 3.8) is 0 Å². The molecule has 1 atom stereocenters. The zero-order valence-corrected chi connectivity index (χ0v) is 12.3. The summed E-state index contributed by atoms with van der Waals surface area (Å²) >= 11 is 0. The van der Waals surface area contributed by atoms with Gasteiger partial charge in [0.1, 0.15) is 0 Å². The lowest BCUT2D eigenvalue weighted by Gasteiger charge is -2.26. The van der Waals surface area contributed by atoms with Gasteiger partial charge in [0.2, 0.25) is 0 Å². The van der Waals surface area contributed by atoms with E-state index < -0.39 is 0 Å². The predicted octanol–water partition coefficient (Wildman–Crippen LogP) is 4.01. The van der Waals surface area contributed by atoms with E-state index in [0.29, 0.717) is 0 Å². The molecule has 1 aromatic heterocycles. The average Bonchev–Trinajstić information content (AvgIpc) is 2.35. The Morgan fingerprint density at radius 3 is 2.35 bits per heavy atom. The van der Waals surface area contributed by atoms with Gasteiger partial charge >= 0.3 is 0 Å². The summed E-state index contributed by atoms with van der Waals surface area (Å²) in [5, 5.41) is 0. The predicted molar refractivity (Wildman–Crippen MR) is 82.8 cm³/mol. The lowest BCUT2D eigenvalue weighted by atomic mass is 9.79. The van der Waals surface area contributed by atoms with E-state index in [9.17, 15) is 0 Å². The van der Waals surface area contributed by atoms with Crippen LogP contribution in [0.5, 0.6) is 0 Å². The number of pyridine rings is 1. The van der Waals surface area contributed by atoms with Crippen LogP contribution in [0.2, 0.25) is 0 Å². The zero-order valence-electron chi connectivity index (χ0n) is 12.3. The van der Waals surface area contributed by atoms with Gasteiger partial charge in [-0.05, 0) is 61.4 Å². The molecule has 1 unspecified atom stereocenters. The third-order valence-electron chi connectivity index (χ3n) is 4.31. The first-order valence-electron chi connectivity index (χ1n) is 7.44. The number of benzene rings is 1. The molecule has 1 aliphatic rings. The summed E-state index contributed by atoms with van der Waals surface area (Å²) in [4.78, 5) is 4.42. The van der Waals surface area contributed by atoms with Gasteiger partial charge in [-0.15, -0.1) is 0 Å². The highest BCUT2D eigenvalue weighted by molar-refractivity contribution is 5.36. The van der Waals surface area contributed by atoms with Crippen molar-refractivity contribution in [2.24, 2.45) is 5.73 Å². The summed E-state index contributed by atoms with van der Waals surface area (Å²) in [6.45, 7) is 4.04. The van der Waals surface area contributed by atoms with E-state index in [1.807, 2.05) is 13.8 Å². The Labute approximate surface area is 121 Å². The summed E-state index contributed by atoms with van der Waals surface area (Å²) in [5.74, 6) is 0.753. The largest absolute Gasteiger partial charge is 0.320 e. The van der Waals surface area contributed by atoms with Crippen molar-refractivity contribution in [3.05, 3.63) is 64.5 Å². The van der Waals surface area contributed by atoms with Crippen molar-refractivity contribution in [1.29, 1.82) is 0 Å². The van der Waals surface area contributed by atoms with Crippen LogP contribution in [0.15, 0.2) is 36.4 Å². The second-order valence-electron chi connectivity index (χ2n) is 5.96. The molecule has 0 amide bonds. The van der Waals surface area contributed by atoms with E-state index in [1.54, 1.807) is 0 Å². The molecular weight excluding hydrogens is 244 g/mol. The lowest BCUT2D eigenvalue weighted by molar-refractivity contribution is 0.419. The second-order valence-corrected chi connectivity index (χ2v) is 5.96. The number of hydrogen-bond acceptors (Lipinski definition) is 2. The molecule has 0 saturated heterocycles. The van der Waals surface area contributed by atoms with Gasteiger partial charge in [-0.2, -0.15) is 0 Å². The summed E-state index contributed by atoms with van der Waals surface area (Å²) in [7, 11) is 0. The highest BCUT2D eigenvalue weighted by atomic mass is 14.7. The van der Waals surface area contributed by atoms with Crippen molar-refractivity contribution in [2.45, 2.75) is 45.1 Å². The molecule has 1 aromatic carbocycles. The van der Waals surface area contributed by atoms with Gasteiger partial charge in [0.25, 0.3) is 0 Å². The fraction of sp³-hybridized carbons (Fsp3) is 0.389. The van der Waals surface area contributed by atoms with Crippen LogP contribution in [0.1, 0.15) is 59.3 Å². The van der Waals surface area contributed by atoms with Gasteiger partial charge in [-0.3, -0.25) is 4.98 Å². The normalized spacial score (nSPS) is 16.8. The Kier molecular flexibility index (Phi) is 3.58. The molecule has 2 N–H and O–H groups in total. The van der Waals surface area contributed by atoms with Crippen molar-refractivity contribution in [2.75, 3.05) is 0 Å². The second kappa shape index (κ2) is 5.37. The fourth-order valence-corrected chi connectivity index (χ4v) is 2.99. The Hall–Kier alpha value is -1.67. The molecular formula is C18H22N2. The van der Waals surface area contributed by atoms with Crippen LogP contribution in [0, 0.1) is 13.8 Å². The topological polar surface area (TPSA) is 38.9 Å². The Morgan fingerprint density at radius 2 is 1.75 bits per heavy atom. The van der Waals surface area contributed by atoms with Crippen LogP contribution in [-0.4, -0.2) is 4.98 Å². The minimum Gasteiger partial charge on any atom is -0.320 e. The van der Waals surface area contributed by atoms with Crippen LogP contribution in [0.3, 0.4) is 0 Å². The van der Waals surface area contributed by atoms with Crippen molar-refractivity contribution in [3.8, 4) is 0 Å². The Bertz CT molecular complexity index is 594. The molecule has 0 aliphatic heterocycles. The number of rotatable bonds is 3. The molecule has 104 valence electrons. The quantitative estimate of drug-likeness (QED) is 0.911. The van der Waals surface area contributed by atoms with Crippen molar-refractivity contribution >= 4 is 0 Å². The van der Waals surface area contributed by atoms with Crippen molar-refractivity contribution in [1.82, 2.24) is 4.98 Å². The van der Waals surface area contributed by atoms with Crippen LogP contribution in [0.25, 0.3) is 0 Å². The van der Waals surface area contributed by atoms with Crippen LogP contribution in [0.4, 0.5) is 0 Å². The number of aryl methyl sites for hydroxylation is 2. The highest BCUT2D eigenvalue weighted by Gasteiger charge is 2.20. The van der Waals surface area contributed by atoms with Crippen molar-refractivity contribution < 1.29 is 0 Å². The number of aromatic nitrogens is 1. The standard InChI is InChI=1S/C18H22N2/c1-12-9-17(10-13(2)20-12)18(19)16-8-4-7-15(11-16)14-5-3-6-14/h4,7-11,14,18H,3,5-6,19H2,1-2H3. The van der Waals surface area contributed by atoms with Gasteiger partial charge < -0.3 is 5.73 Å². The summed E-state index contributed by atoms with van der Waals surface area (Å²) in [6.07, 6.45) is 4.02. The van der Waals surface area contributed by atoms with Crippen LogP contribution >= 0.6 is 0 Å². The first kappa shape index (κ1) is 13.3.